The predicted octanol–water partition coefficient (Wildman–Crippen LogP) is 1.03. The quantitative estimate of drug-likeness (QED) is 0.627. The van der Waals surface area contributed by atoms with Crippen LogP contribution in [0.5, 0.6) is 0 Å². The first kappa shape index (κ1) is 9.00. The largest absolute Gasteiger partial charge is 0.384 e. The number of carbonyl (C=O) groups is 1. The summed E-state index contributed by atoms with van der Waals surface area (Å²) in [5.41, 5.74) is 1.83. The number of carbonyl (C=O) groups excluding carboxylic acids is 1. The fourth-order valence-corrected chi connectivity index (χ4v) is 1.15. The second-order valence-electron chi connectivity index (χ2n) is 2.67. The molecule has 3 nitrogen and oxygen atoms in total. The number of hydrogen-bond donors (Lipinski definition) is 0. The number of hydrogen-bond acceptors (Lipinski definition) is 2. The van der Waals surface area contributed by atoms with Gasteiger partial charge in [-0.3, -0.25) is 4.79 Å². The maximum absolute atomic E-state index is 10.5. The molecular weight excluding hydrogens is 154 g/mol. The average Bonchev–Trinajstić information content (AvgIpc) is 2.43. The van der Waals surface area contributed by atoms with Crippen LogP contribution in [0.2, 0.25) is 0 Å². The smallest absolute Gasteiger partial charge is 0.166 e. The van der Waals surface area contributed by atoms with Gasteiger partial charge in [-0.1, -0.05) is 0 Å². The van der Waals surface area contributed by atoms with Gasteiger partial charge in [-0.05, 0) is 12.1 Å². The van der Waals surface area contributed by atoms with Crippen LogP contribution in [-0.2, 0) is 18.2 Å². The van der Waals surface area contributed by atoms with Crippen molar-refractivity contribution < 1.29 is 9.53 Å². The molecule has 0 amide bonds. The van der Waals surface area contributed by atoms with Gasteiger partial charge >= 0.3 is 0 Å². The van der Waals surface area contributed by atoms with E-state index >= 15 is 0 Å². The Bertz CT molecular complexity index is 265. The number of ether oxygens (including phenoxy) is 1. The summed E-state index contributed by atoms with van der Waals surface area (Å²) < 4.78 is 6.82. The Kier molecular flexibility index (Phi) is 3.05. The van der Waals surface area contributed by atoms with Crippen molar-refractivity contribution in [3.63, 3.8) is 0 Å². The van der Waals surface area contributed by atoms with E-state index < -0.39 is 0 Å². The first-order chi connectivity index (χ1) is 5.79. The molecule has 1 aromatic heterocycles. The van der Waals surface area contributed by atoms with Crippen molar-refractivity contribution in [1.29, 1.82) is 0 Å². The van der Waals surface area contributed by atoms with Crippen LogP contribution in [0.15, 0.2) is 12.1 Å². The Labute approximate surface area is 72.0 Å². The third-order valence-corrected chi connectivity index (χ3v) is 1.95. The van der Waals surface area contributed by atoms with E-state index in [1.807, 2.05) is 23.7 Å². The second-order valence-corrected chi connectivity index (χ2v) is 2.67. The van der Waals surface area contributed by atoms with Gasteiger partial charge in [0.1, 0.15) is 0 Å². The zero-order valence-corrected chi connectivity index (χ0v) is 7.41. The van der Waals surface area contributed by atoms with Crippen LogP contribution >= 0.6 is 0 Å². The minimum absolute atomic E-state index is 0.691. The van der Waals surface area contributed by atoms with Crippen molar-refractivity contribution in [3.8, 4) is 0 Å². The van der Waals surface area contributed by atoms with Gasteiger partial charge in [-0.2, -0.15) is 0 Å². The molecule has 0 aliphatic heterocycles. The van der Waals surface area contributed by atoms with Crippen LogP contribution in [0.25, 0.3) is 0 Å². The van der Waals surface area contributed by atoms with Crippen LogP contribution in [0, 0.1) is 0 Å². The molecular formula is C9H13NO2. The van der Waals surface area contributed by atoms with Crippen LogP contribution in [0.3, 0.4) is 0 Å². The molecule has 3 heteroatoms. The second kappa shape index (κ2) is 4.07. The molecule has 0 aromatic carbocycles. The van der Waals surface area contributed by atoms with E-state index in [1.165, 1.54) is 0 Å². The van der Waals surface area contributed by atoms with Crippen LogP contribution in [0.4, 0.5) is 0 Å². The van der Waals surface area contributed by atoms with Crippen molar-refractivity contribution in [2.24, 2.45) is 7.05 Å². The molecule has 0 aliphatic carbocycles. The predicted molar refractivity (Wildman–Crippen MR) is 46.4 cm³/mol. The molecule has 66 valence electrons. The molecule has 1 rings (SSSR count). The molecule has 0 N–H and O–H groups in total. The van der Waals surface area contributed by atoms with Crippen LogP contribution < -0.4 is 0 Å². The van der Waals surface area contributed by atoms with E-state index in [-0.39, 0.29) is 0 Å². The molecule has 0 aliphatic rings. The van der Waals surface area contributed by atoms with E-state index in [4.69, 9.17) is 4.74 Å². The Morgan fingerprint density at radius 1 is 1.58 bits per heavy atom. The summed E-state index contributed by atoms with van der Waals surface area (Å²) in [6.07, 6.45) is 1.71. The average molecular weight is 167 g/mol. The molecule has 1 heterocycles. The summed E-state index contributed by atoms with van der Waals surface area (Å²) in [6, 6.07) is 3.76. The summed E-state index contributed by atoms with van der Waals surface area (Å²) in [7, 11) is 3.55. The first-order valence-corrected chi connectivity index (χ1v) is 3.88. The fourth-order valence-electron chi connectivity index (χ4n) is 1.15. The molecule has 0 unspecified atom stereocenters. The minimum atomic E-state index is 0.691. The summed E-state index contributed by atoms with van der Waals surface area (Å²) >= 11 is 0. The minimum Gasteiger partial charge on any atom is -0.384 e. The Balaban J connectivity index is 2.72. The third kappa shape index (κ3) is 1.74. The Morgan fingerprint density at radius 2 is 2.33 bits per heavy atom. The number of nitrogens with zero attached hydrogens (tertiary/aromatic N) is 1. The highest BCUT2D eigenvalue weighted by molar-refractivity contribution is 5.72. The summed E-state index contributed by atoms with van der Waals surface area (Å²) in [5, 5.41) is 0. The zero-order valence-electron chi connectivity index (χ0n) is 7.41. The van der Waals surface area contributed by atoms with Gasteiger partial charge in [0.2, 0.25) is 0 Å². The SMILES string of the molecule is COCCc1ccc(C=O)n1C. The Hall–Kier alpha value is -1.09. The van der Waals surface area contributed by atoms with Crippen molar-refractivity contribution in [2.45, 2.75) is 6.42 Å². The standard InChI is InChI=1S/C9H13NO2/c1-10-8(5-6-12-2)3-4-9(10)7-11/h3-4,7H,5-6H2,1-2H3. The first-order valence-electron chi connectivity index (χ1n) is 3.88. The number of aldehydes is 1. The topological polar surface area (TPSA) is 31.2 Å². The highest BCUT2D eigenvalue weighted by atomic mass is 16.5. The lowest BCUT2D eigenvalue weighted by atomic mass is 10.3. The highest BCUT2D eigenvalue weighted by Crippen LogP contribution is 2.05. The monoisotopic (exact) mass is 167 g/mol. The normalized spacial score (nSPS) is 10.2. The van der Waals surface area contributed by atoms with E-state index in [9.17, 15) is 4.79 Å². The molecule has 0 fully saturated rings. The third-order valence-electron chi connectivity index (χ3n) is 1.95. The van der Waals surface area contributed by atoms with E-state index in [1.54, 1.807) is 7.11 Å². The molecule has 12 heavy (non-hydrogen) atoms. The van der Waals surface area contributed by atoms with Gasteiger partial charge in [-0.25, -0.2) is 0 Å². The number of aromatic nitrogens is 1. The molecule has 0 spiro atoms. The van der Waals surface area contributed by atoms with Crippen molar-refractivity contribution >= 4 is 6.29 Å². The van der Waals surface area contributed by atoms with Gasteiger partial charge in [0.15, 0.2) is 6.29 Å². The molecule has 0 radical (unpaired) electrons. The maximum Gasteiger partial charge on any atom is 0.166 e. The molecule has 1 aromatic rings. The fraction of sp³-hybridized carbons (Fsp3) is 0.444. The van der Waals surface area contributed by atoms with E-state index in [2.05, 4.69) is 0 Å². The summed E-state index contributed by atoms with van der Waals surface area (Å²) in [6.45, 7) is 0.691. The zero-order chi connectivity index (χ0) is 8.97. The lowest BCUT2D eigenvalue weighted by Gasteiger charge is -2.02. The van der Waals surface area contributed by atoms with Crippen LogP contribution in [-0.4, -0.2) is 24.6 Å². The van der Waals surface area contributed by atoms with Crippen molar-refractivity contribution in [2.75, 3.05) is 13.7 Å². The van der Waals surface area contributed by atoms with Gasteiger partial charge in [-0.15, -0.1) is 0 Å². The van der Waals surface area contributed by atoms with Gasteiger partial charge in [0, 0.05) is 26.3 Å². The molecule has 0 saturated heterocycles. The molecule has 0 bridgehead atoms. The van der Waals surface area contributed by atoms with Gasteiger partial charge in [0.25, 0.3) is 0 Å². The van der Waals surface area contributed by atoms with Crippen molar-refractivity contribution in [1.82, 2.24) is 4.57 Å². The maximum atomic E-state index is 10.5. The number of methoxy groups -OCH3 is 1. The van der Waals surface area contributed by atoms with Gasteiger partial charge in [0.05, 0.1) is 12.3 Å². The molecule has 0 atom stereocenters. The van der Waals surface area contributed by atoms with E-state index in [0.717, 1.165) is 18.4 Å². The molecule has 0 saturated carbocycles. The van der Waals surface area contributed by atoms with E-state index in [0.29, 0.717) is 12.3 Å². The Morgan fingerprint density at radius 3 is 2.83 bits per heavy atom. The van der Waals surface area contributed by atoms with Gasteiger partial charge < -0.3 is 9.30 Å². The summed E-state index contributed by atoms with van der Waals surface area (Å²) in [5.74, 6) is 0. The van der Waals surface area contributed by atoms with Crippen LogP contribution in [0.1, 0.15) is 16.2 Å². The highest BCUT2D eigenvalue weighted by Gasteiger charge is 2.01. The lowest BCUT2D eigenvalue weighted by Crippen LogP contribution is -2.03. The van der Waals surface area contributed by atoms with Crippen molar-refractivity contribution in [3.05, 3.63) is 23.5 Å². The number of rotatable bonds is 4. The summed E-state index contributed by atoms with van der Waals surface area (Å²) in [4.78, 5) is 10.5. The lowest BCUT2D eigenvalue weighted by molar-refractivity contribution is 0.111.